The van der Waals surface area contributed by atoms with Gasteiger partial charge in [-0.25, -0.2) is 0 Å². The van der Waals surface area contributed by atoms with Crippen LogP contribution in [0.15, 0.2) is 103 Å². The van der Waals surface area contributed by atoms with Crippen molar-refractivity contribution in [2.45, 2.75) is 104 Å². The van der Waals surface area contributed by atoms with E-state index >= 15 is 0 Å². The first-order valence-corrected chi connectivity index (χ1v) is 17.5. The average molecular weight is 694 g/mol. The molecule has 50 heavy (non-hydrogen) atoms. The number of rotatable bonds is 12. The number of nitrogens with zero attached hydrogens (tertiary/aromatic N) is 1. The summed E-state index contributed by atoms with van der Waals surface area (Å²) in [4.78, 5) is 2.20. The number of halogens is 6. The van der Waals surface area contributed by atoms with Gasteiger partial charge in [0.2, 0.25) is 0 Å². The summed E-state index contributed by atoms with van der Waals surface area (Å²) in [5.74, 6) is -0.207. The van der Waals surface area contributed by atoms with Crippen molar-refractivity contribution in [3.8, 4) is 0 Å². The molecule has 0 aromatic heterocycles. The molecule has 0 fully saturated rings. The molecule has 0 aliphatic heterocycles. The van der Waals surface area contributed by atoms with E-state index in [0.717, 1.165) is 45.9 Å². The van der Waals surface area contributed by atoms with E-state index in [9.17, 15) is 26.3 Å². The Kier molecular flexibility index (Phi) is 11.7. The quantitative estimate of drug-likeness (QED) is 0.134. The third kappa shape index (κ3) is 7.38. The monoisotopic (exact) mass is 693 g/mol. The van der Waals surface area contributed by atoms with Crippen LogP contribution in [-0.2, 0) is 23.2 Å². The average Bonchev–Trinajstić information content (AvgIpc) is 3.09. The molecule has 268 valence electrons. The van der Waals surface area contributed by atoms with Gasteiger partial charge in [0.05, 0.1) is 11.1 Å². The zero-order chi connectivity index (χ0) is 37.1. The minimum absolute atomic E-state index is 0.207. The van der Waals surface area contributed by atoms with Crippen LogP contribution in [0.25, 0.3) is 0 Å². The minimum Gasteiger partial charge on any atom is -0.314 e. The van der Waals surface area contributed by atoms with Gasteiger partial charge in [0.15, 0.2) is 0 Å². The van der Waals surface area contributed by atoms with Crippen LogP contribution >= 0.6 is 0 Å². The summed E-state index contributed by atoms with van der Waals surface area (Å²) in [6.07, 6.45) is -4.40. The van der Waals surface area contributed by atoms with Crippen LogP contribution in [0.3, 0.4) is 0 Å². The van der Waals surface area contributed by atoms with Crippen LogP contribution in [0.1, 0.15) is 106 Å². The lowest BCUT2D eigenvalue weighted by Gasteiger charge is -2.44. The smallest absolute Gasteiger partial charge is 0.314 e. The predicted octanol–water partition coefficient (Wildman–Crippen LogP) is 13.9. The van der Waals surface area contributed by atoms with Gasteiger partial charge < -0.3 is 4.90 Å². The van der Waals surface area contributed by atoms with E-state index < -0.39 is 34.3 Å². The van der Waals surface area contributed by atoms with E-state index in [1.54, 1.807) is 6.07 Å². The molecule has 0 saturated carbocycles. The van der Waals surface area contributed by atoms with Crippen molar-refractivity contribution in [2.24, 2.45) is 5.92 Å². The molecule has 4 rings (SSSR count). The van der Waals surface area contributed by atoms with Gasteiger partial charge in [-0.05, 0) is 99.0 Å². The molecule has 0 radical (unpaired) electrons. The Labute approximate surface area is 294 Å². The van der Waals surface area contributed by atoms with Crippen molar-refractivity contribution in [3.63, 3.8) is 0 Å². The first-order valence-electron chi connectivity index (χ1n) is 17.5. The van der Waals surface area contributed by atoms with Gasteiger partial charge >= 0.3 is 12.4 Å². The standard InChI is InChI=1S/C43H49F6N/c1-9-38(31(8)40(10-2,11-3)33-16-14-18-35(27-33)42(44,45)46)50(39-25-20-29(6)26-30(39)7)37-23-21-32(22-24-37)41(12-4,13-5)34-17-15-19-36(28-34)43(47,48)49/h9,14-28,31H,10-13H2,1-8H3/b38-9-/t31-/m1/s1. The summed E-state index contributed by atoms with van der Waals surface area (Å²) in [7, 11) is 0. The molecule has 4 aromatic carbocycles. The molecule has 0 saturated heterocycles. The van der Waals surface area contributed by atoms with Crippen molar-refractivity contribution in [1.29, 1.82) is 0 Å². The first-order chi connectivity index (χ1) is 23.5. The highest BCUT2D eigenvalue weighted by molar-refractivity contribution is 5.72. The highest BCUT2D eigenvalue weighted by Crippen LogP contribution is 2.48. The fraction of sp³-hybridized carbons (Fsp3) is 0.395. The Hall–Kier alpha value is -4.00. The maximum Gasteiger partial charge on any atom is 0.416 e. The Morgan fingerprint density at radius 2 is 1.12 bits per heavy atom. The number of allylic oxidation sites excluding steroid dienone is 2. The minimum atomic E-state index is -4.46. The maximum absolute atomic E-state index is 13.9. The zero-order valence-corrected chi connectivity index (χ0v) is 30.4. The summed E-state index contributed by atoms with van der Waals surface area (Å²) < 4.78 is 83.0. The molecule has 7 heteroatoms. The van der Waals surface area contributed by atoms with Crippen molar-refractivity contribution in [3.05, 3.63) is 142 Å². The highest BCUT2D eigenvalue weighted by Gasteiger charge is 2.41. The van der Waals surface area contributed by atoms with Gasteiger partial charge in [-0.2, -0.15) is 26.3 Å². The fourth-order valence-corrected chi connectivity index (χ4v) is 8.02. The molecular formula is C43H49F6N. The second-order valence-electron chi connectivity index (χ2n) is 13.4. The Morgan fingerprint density at radius 3 is 1.58 bits per heavy atom. The largest absolute Gasteiger partial charge is 0.416 e. The Bertz CT molecular complexity index is 1770. The number of alkyl halides is 6. The summed E-state index contributed by atoms with van der Waals surface area (Å²) >= 11 is 0. The number of aryl methyl sites for hydroxylation is 2. The number of anilines is 2. The number of benzene rings is 4. The van der Waals surface area contributed by atoms with Gasteiger partial charge in [0, 0.05) is 33.8 Å². The van der Waals surface area contributed by atoms with Gasteiger partial charge in [-0.1, -0.05) is 107 Å². The number of hydrogen-bond donors (Lipinski definition) is 0. The maximum atomic E-state index is 13.9. The molecule has 0 N–H and O–H groups in total. The molecule has 0 amide bonds. The van der Waals surface area contributed by atoms with E-state index in [0.29, 0.717) is 36.8 Å². The van der Waals surface area contributed by atoms with Gasteiger partial charge in [0.25, 0.3) is 0 Å². The van der Waals surface area contributed by atoms with Gasteiger partial charge in [-0.15, -0.1) is 0 Å². The van der Waals surface area contributed by atoms with Gasteiger partial charge in [0.1, 0.15) is 0 Å². The highest BCUT2D eigenvalue weighted by atomic mass is 19.4. The molecular weight excluding hydrogens is 644 g/mol. The SMILES string of the molecule is C/C=C(/[C@@H](C)C(CC)(CC)c1cccc(C(F)(F)F)c1)N(c1ccc(C(CC)(CC)c2cccc(C(F)(F)F)c2)cc1)c1ccc(C)cc1C. The predicted molar refractivity (Wildman–Crippen MR) is 194 cm³/mol. The zero-order valence-electron chi connectivity index (χ0n) is 30.4. The first kappa shape index (κ1) is 38.8. The number of hydrogen-bond acceptors (Lipinski definition) is 1. The normalized spacial score (nSPS) is 13.8. The molecule has 0 heterocycles. The molecule has 0 bridgehead atoms. The van der Waals surface area contributed by atoms with E-state index in [1.807, 2.05) is 84.9 Å². The van der Waals surface area contributed by atoms with Crippen LogP contribution in [0.4, 0.5) is 37.7 Å². The van der Waals surface area contributed by atoms with E-state index in [-0.39, 0.29) is 5.92 Å². The Balaban J connectivity index is 1.90. The third-order valence-corrected chi connectivity index (χ3v) is 11.1. The van der Waals surface area contributed by atoms with Crippen molar-refractivity contribution in [1.82, 2.24) is 0 Å². The lowest BCUT2D eigenvalue weighted by molar-refractivity contribution is -0.138. The van der Waals surface area contributed by atoms with Crippen molar-refractivity contribution >= 4 is 11.4 Å². The van der Waals surface area contributed by atoms with Crippen LogP contribution in [0, 0.1) is 19.8 Å². The summed E-state index contributed by atoms with van der Waals surface area (Å²) in [6.45, 7) is 16.2. The second kappa shape index (κ2) is 15.1. The Morgan fingerprint density at radius 1 is 0.620 bits per heavy atom. The van der Waals surface area contributed by atoms with E-state index in [4.69, 9.17) is 0 Å². The molecule has 0 unspecified atom stereocenters. The van der Waals surface area contributed by atoms with Crippen LogP contribution in [0.5, 0.6) is 0 Å². The van der Waals surface area contributed by atoms with E-state index in [1.165, 1.54) is 24.3 Å². The summed E-state index contributed by atoms with van der Waals surface area (Å²) in [5.41, 5.74) is 4.52. The van der Waals surface area contributed by atoms with Crippen LogP contribution in [-0.4, -0.2) is 0 Å². The van der Waals surface area contributed by atoms with Crippen molar-refractivity contribution in [2.75, 3.05) is 4.90 Å². The van der Waals surface area contributed by atoms with Crippen LogP contribution in [0.2, 0.25) is 0 Å². The second-order valence-corrected chi connectivity index (χ2v) is 13.4. The molecule has 1 nitrogen and oxygen atoms in total. The fourth-order valence-electron chi connectivity index (χ4n) is 8.02. The van der Waals surface area contributed by atoms with Crippen molar-refractivity contribution < 1.29 is 26.3 Å². The molecule has 4 aromatic rings. The lowest BCUT2D eigenvalue weighted by Crippen LogP contribution is -2.38. The van der Waals surface area contributed by atoms with E-state index in [2.05, 4.69) is 30.0 Å². The molecule has 0 aliphatic rings. The summed E-state index contributed by atoms with van der Waals surface area (Å²) in [5, 5.41) is 0. The van der Waals surface area contributed by atoms with Crippen LogP contribution < -0.4 is 4.90 Å². The molecule has 1 atom stereocenters. The summed E-state index contributed by atoms with van der Waals surface area (Å²) in [6, 6.07) is 25.7. The topological polar surface area (TPSA) is 3.24 Å². The molecule has 0 aliphatic carbocycles. The van der Waals surface area contributed by atoms with Gasteiger partial charge in [-0.3, -0.25) is 0 Å². The molecule has 0 spiro atoms. The lowest BCUT2D eigenvalue weighted by atomic mass is 9.65. The third-order valence-electron chi connectivity index (χ3n) is 11.1.